The molecule has 2 aliphatic rings. The molecule has 1 saturated heterocycles. The van der Waals surface area contributed by atoms with Crippen LogP contribution in [-0.2, 0) is 34.1 Å². The molecule has 3 unspecified atom stereocenters. The first kappa shape index (κ1) is 36.9. The highest BCUT2D eigenvalue weighted by molar-refractivity contribution is 7.10. The number of esters is 2. The van der Waals surface area contributed by atoms with Crippen LogP contribution in [0.25, 0.3) is 0 Å². The quantitative estimate of drug-likeness (QED) is 0.180. The number of thiophene rings is 1. The Morgan fingerprint density at radius 2 is 1.73 bits per heavy atom. The minimum absolute atomic E-state index is 0.147. The van der Waals surface area contributed by atoms with Crippen LogP contribution in [0, 0.1) is 5.41 Å². The molecule has 45 heavy (non-hydrogen) atoms. The largest absolute Gasteiger partial charge is 0.478 e. The predicted molar refractivity (Wildman–Crippen MR) is 169 cm³/mol. The fraction of sp³-hybridized carbons (Fsp3) is 0.758. The van der Waals surface area contributed by atoms with Gasteiger partial charge in [0.2, 0.25) is 11.6 Å². The Kier molecular flexibility index (Phi) is 11.2. The van der Waals surface area contributed by atoms with Crippen molar-refractivity contribution in [2.24, 2.45) is 5.41 Å². The SMILES string of the molecule is CC(C)(C)OC(=O)CC[C@H](NC(O)(CC(O)CC1(c2cccs2)CCC1(C)C)C(=O)O)C(=O)N1CCC[C@H]1C(=O)OC(C)(C)C. The van der Waals surface area contributed by atoms with Crippen molar-refractivity contribution in [2.75, 3.05) is 6.54 Å². The Labute approximate surface area is 270 Å². The fourth-order valence-corrected chi connectivity index (χ4v) is 7.63. The molecule has 12 heteroatoms. The number of rotatable bonds is 13. The maximum absolute atomic E-state index is 14.0. The molecule has 1 amide bonds. The second-order valence-electron chi connectivity index (χ2n) is 15.2. The van der Waals surface area contributed by atoms with Crippen LogP contribution in [-0.4, -0.2) is 85.7 Å². The lowest BCUT2D eigenvalue weighted by molar-refractivity contribution is -0.172. The lowest BCUT2D eigenvalue weighted by atomic mass is 9.48. The lowest BCUT2D eigenvalue weighted by Crippen LogP contribution is -2.62. The van der Waals surface area contributed by atoms with Gasteiger partial charge in [-0.2, -0.15) is 0 Å². The Morgan fingerprint density at radius 3 is 2.22 bits per heavy atom. The first-order chi connectivity index (χ1) is 20.6. The van der Waals surface area contributed by atoms with Crippen LogP contribution in [0.5, 0.6) is 0 Å². The Bertz CT molecular complexity index is 1220. The lowest BCUT2D eigenvalue weighted by Gasteiger charge is -2.57. The fourth-order valence-electron chi connectivity index (χ4n) is 6.48. The molecule has 0 radical (unpaired) electrons. The summed E-state index contributed by atoms with van der Waals surface area (Å²) in [5.74, 6) is -3.49. The van der Waals surface area contributed by atoms with E-state index >= 15 is 0 Å². The number of carbonyl (C=O) groups excluding carboxylic acids is 3. The minimum Gasteiger partial charge on any atom is -0.478 e. The van der Waals surface area contributed by atoms with Crippen molar-refractivity contribution in [3.05, 3.63) is 22.4 Å². The van der Waals surface area contributed by atoms with E-state index in [1.807, 2.05) is 17.5 Å². The summed E-state index contributed by atoms with van der Waals surface area (Å²) in [6.07, 6.45) is 0.576. The highest BCUT2D eigenvalue weighted by Crippen LogP contribution is 2.61. The maximum atomic E-state index is 14.0. The average Bonchev–Trinajstić information content (AvgIpc) is 3.59. The molecule has 0 aromatic carbocycles. The van der Waals surface area contributed by atoms with E-state index in [1.54, 1.807) is 52.9 Å². The first-order valence-corrected chi connectivity index (χ1v) is 16.7. The van der Waals surface area contributed by atoms with Gasteiger partial charge in [0.05, 0.1) is 12.1 Å². The molecule has 1 aliphatic carbocycles. The Morgan fingerprint density at radius 1 is 1.09 bits per heavy atom. The molecule has 1 saturated carbocycles. The van der Waals surface area contributed by atoms with Crippen LogP contribution in [0.4, 0.5) is 0 Å². The molecule has 254 valence electrons. The van der Waals surface area contributed by atoms with Crippen molar-refractivity contribution >= 4 is 35.2 Å². The molecule has 2 fully saturated rings. The summed E-state index contributed by atoms with van der Waals surface area (Å²) < 4.78 is 10.9. The van der Waals surface area contributed by atoms with Gasteiger partial charge in [-0.3, -0.25) is 14.9 Å². The van der Waals surface area contributed by atoms with E-state index in [0.29, 0.717) is 12.8 Å². The average molecular weight is 653 g/mol. The summed E-state index contributed by atoms with van der Waals surface area (Å²) in [5, 5.41) is 37.6. The number of amides is 1. The van der Waals surface area contributed by atoms with E-state index in [-0.39, 0.29) is 36.6 Å². The third-order valence-electron chi connectivity index (χ3n) is 8.92. The van der Waals surface area contributed by atoms with E-state index < -0.39 is 65.4 Å². The van der Waals surface area contributed by atoms with E-state index in [4.69, 9.17) is 9.47 Å². The van der Waals surface area contributed by atoms with Crippen molar-refractivity contribution in [3.63, 3.8) is 0 Å². The van der Waals surface area contributed by atoms with Crippen molar-refractivity contribution < 1.29 is 44.0 Å². The molecule has 5 atom stereocenters. The molecule has 3 rings (SSSR count). The number of aliphatic hydroxyl groups is 2. The van der Waals surface area contributed by atoms with Gasteiger partial charge in [-0.1, -0.05) is 19.9 Å². The monoisotopic (exact) mass is 652 g/mol. The molecular formula is C33H52N2O9S. The topological polar surface area (TPSA) is 163 Å². The van der Waals surface area contributed by atoms with Crippen molar-refractivity contribution in [1.82, 2.24) is 10.2 Å². The van der Waals surface area contributed by atoms with Gasteiger partial charge in [-0.05, 0) is 96.9 Å². The number of nitrogens with zero attached hydrogens (tertiary/aromatic N) is 1. The molecule has 1 aliphatic heterocycles. The number of hydrogen-bond acceptors (Lipinski definition) is 10. The number of hydrogen-bond donors (Lipinski definition) is 4. The minimum atomic E-state index is -2.71. The smallest absolute Gasteiger partial charge is 0.351 e. The van der Waals surface area contributed by atoms with Crippen LogP contribution < -0.4 is 5.32 Å². The van der Waals surface area contributed by atoms with Gasteiger partial charge in [-0.15, -0.1) is 11.3 Å². The third kappa shape index (κ3) is 9.05. The van der Waals surface area contributed by atoms with E-state index in [2.05, 4.69) is 19.2 Å². The normalized spacial score (nSPS) is 24.2. The highest BCUT2D eigenvalue weighted by atomic mass is 32.1. The summed E-state index contributed by atoms with van der Waals surface area (Å²) in [5.41, 5.74) is -4.80. The summed E-state index contributed by atoms with van der Waals surface area (Å²) in [4.78, 5) is 54.6. The number of likely N-dealkylation sites (tertiary alicyclic amines) is 1. The van der Waals surface area contributed by atoms with Gasteiger partial charge in [0.15, 0.2) is 0 Å². The summed E-state index contributed by atoms with van der Waals surface area (Å²) in [6.45, 7) is 14.8. The maximum Gasteiger partial charge on any atom is 0.351 e. The van der Waals surface area contributed by atoms with Crippen molar-refractivity contribution in [2.45, 2.75) is 147 Å². The molecule has 0 bridgehead atoms. The number of ether oxygens (including phenoxy) is 2. The number of carboxylic acids is 1. The number of carboxylic acid groups (broad SMARTS) is 1. The second-order valence-corrected chi connectivity index (χ2v) is 16.2. The molecule has 2 heterocycles. The van der Waals surface area contributed by atoms with Crippen LogP contribution >= 0.6 is 11.3 Å². The molecule has 1 aromatic rings. The van der Waals surface area contributed by atoms with Crippen LogP contribution in [0.2, 0.25) is 0 Å². The molecule has 0 spiro atoms. The zero-order valence-corrected chi connectivity index (χ0v) is 28.8. The summed E-state index contributed by atoms with van der Waals surface area (Å²) in [7, 11) is 0. The van der Waals surface area contributed by atoms with Gasteiger partial charge in [0.1, 0.15) is 17.2 Å². The van der Waals surface area contributed by atoms with E-state index in [9.17, 15) is 34.5 Å². The van der Waals surface area contributed by atoms with Crippen molar-refractivity contribution in [3.8, 4) is 0 Å². The van der Waals surface area contributed by atoms with Gasteiger partial charge >= 0.3 is 17.9 Å². The zero-order valence-electron chi connectivity index (χ0n) is 28.0. The first-order valence-electron chi connectivity index (χ1n) is 15.8. The van der Waals surface area contributed by atoms with Gasteiger partial charge < -0.3 is 29.7 Å². The van der Waals surface area contributed by atoms with Crippen LogP contribution in [0.1, 0.15) is 112 Å². The third-order valence-corrected chi connectivity index (χ3v) is 9.99. The standard InChI is InChI=1S/C33H52N2O9S/c1-29(2,3)43-25(37)14-13-22(26(38)35-17-9-11-23(35)27(39)44-30(4,5)6)34-33(42,28(40)41)20-21(36)19-32(16-15-31(32,7)8)24-12-10-18-45-24/h10,12,18,21-23,34,36,42H,9,11,13-17,19-20H2,1-8H3,(H,40,41)/t21?,22-,23-,32?,33?/m0/s1. The highest BCUT2D eigenvalue weighted by Gasteiger charge is 2.56. The predicted octanol–water partition coefficient (Wildman–Crippen LogP) is 4.13. The number of aliphatic carboxylic acids is 1. The van der Waals surface area contributed by atoms with Gasteiger partial charge in [0, 0.05) is 29.7 Å². The second kappa shape index (κ2) is 13.7. The number of nitrogens with one attached hydrogen (secondary N) is 1. The number of carbonyl (C=O) groups is 4. The molecule has 4 N–H and O–H groups in total. The zero-order chi connectivity index (χ0) is 34.0. The Hall–Kier alpha value is -2.54. The molecule has 11 nitrogen and oxygen atoms in total. The van der Waals surface area contributed by atoms with Crippen LogP contribution in [0.15, 0.2) is 17.5 Å². The number of aliphatic hydroxyl groups excluding tert-OH is 1. The molecule has 1 aromatic heterocycles. The van der Waals surface area contributed by atoms with Crippen molar-refractivity contribution in [1.29, 1.82) is 0 Å². The van der Waals surface area contributed by atoms with E-state index in [1.165, 1.54) is 4.90 Å². The van der Waals surface area contributed by atoms with Gasteiger partial charge in [-0.25, -0.2) is 9.59 Å². The van der Waals surface area contributed by atoms with E-state index in [0.717, 1.165) is 17.7 Å². The van der Waals surface area contributed by atoms with Gasteiger partial charge in [0.25, 0.3) is 0 Å². The molecular weight excluding hydrogens is 600 g/mol. The van der Waals surface area contributed by atoms with Crippen LogP contribution in [0.3, 0.4) is 0 Å². The summed E-state index contributed by atoms with van der Waals surface area (Å²) in [6, 6.07) is 1.70. The summed E-state index contributed by atoms with van der Waals surface area (Å²) >= 11 is 1.58. The Balaban J connectivity index is 1.86.